The molecule has 1 unspecified atom stereocenters. The van der Waals surface area contributed by atoms with Crippen molar-refractivity contribution in [2.75, 3.05) is 20.3 Å². The van der Waals surface area contributed by atoms with Crippen molar-refractivity contribution in [2.45, 2.75) is 26.8 Å². The third kappa shape index (κ3) is 4.76. The van der Waals surface area contributed by atoms with Crippen molar-refractivity contribution < 1.29 is 24.1 Å². The number of halogens is 1. The molecule has 10 heteroatoms. The van der Waals surface area contributed by atoms with E-state index in [4.69, 9.17) is 25.8 Å². The van der Waals surface area contributed by atoms with Gasteiger partial charge in [0.15, 0.2) is 16.3 Å². The first kappa shape index (κ1) is 25.5. The number of phenolic OH excluding ortho intramolecular Hbond substituents is 1. The smallest absolute Gasteiger partial charge is 0.338 e. The third-order valence-electron chi connectivity index (χ3n) is 5.60. The minimum absolute atomic E-state index is 0.0123. The van der Waals surface area contributed by atoms with Crippen LogP contribution in [0, 0.1) is 0 Å². The summed E-state index contributed by atoms with van der Waals surface area (Å²) in [7, 11) is 1.54. The van der Waals surface area contributed by atoms with Crippen LogP contribution in [0.15, 0.2) is 57.5 Å². The molecule has 4 rings (SSSR count). The molecule has 36 heavy (non-hydrogen) atoms. The summed E-state index contributed by atoms with van der Waals surface area (Å²) in [6, 6.07) is 9.06. The predicted molar refractivity (Wildman–Crippen MR) is 138 cm³/mol. The number of esters is 1. The lowest BCUT2D eigenvalue weighted by molar-refractivity contribution is -0.139. The maximum absolute atomic E-state index is 13.7. The first-order valence-corrected chi connectivity index (χ1v) is 12.5. The Morgan fingerprint density at radius 2 is 1.97 bits per heavy atom. The molecule has 188 valence electrons. The topological polar surface area (TPSA) is 99.4 Å². The number of fused-ring (bicyclic) bond motifs is 1. The van der Waals surface area contributed by atoms with Crippen LogP contribution in [0.25, 0.3) is 6.08 Å². The van der Waals surface area contributed by atoms with Crippen LogP contribution in [-0.2, 0) is 9.53 Å². The second kappa shape index (κ2) is 10.6. The number of aromatic nitrogens is 1. The molecule has 1 N–H and O–H groups in total. The van der Waals surface area contributed by atoms with Crippen LogP contribution in [0.4, 0.5) is 0 Å². The van der Waals surface area contributed by atoms with Gasteiger partial charge >= 0.3 is 5.97 Å². The number of thiazole rings is 1. The van der Waals surface area contributed by atoms with Crippen molar-refractivity contribution in [1.29, 1.82) is 0 Å². The Labute approximate surface area is 216 Å². The fourth-order valence-corrected chi connectivity index (χ4v) is 5.24. The van der Waals surface area contributed by atoms with E-state index in [0.29, 0.717) is 49.3 Å². The van der Waals surface area contributed by atoms with E-state index in [-0.39, 0.29) is 23.5 Å². The SMILES string of the molecule is CCOC(=O)C1=C(C)N=c2sc(=Cc3cc(Cl)ccc3O)c(=O)n2C1c1ccc(OC)c(OCC)c1. The highest BCUT2D eigenvalue weighted by Gasteiger charge is 2.34. The zero-order valence-electron chi connectivity index (χ0n) is 20.2. The van der Waals surface area contributed by atoms with E-state index in [2.05, 4.69) is 4.99 Å². The van der Waals surface area contributed by atoms with Gasteiger partial charge in [-0.1, -0.05) is 29.0 Å². The Bertz CT molecular complexity index is 1540. The second-order valence-corrected chi connectivity index (χ2v) is 9.29. The summed E-state index contributed by atoms with van der Waals surface area (Å²) in [5.41, 5.74) is 1.37. The minimum Gasteiger partial charge on any atom is -0.507 e. The number of phenols is 1. The van der Waals surface area contributed by atoms with E-state index in [1.165, 1.54) is 10.6 Å². The number of ether oxygens (including phenoxy) is 3. The summed E-state index contributed by atoms with van der Waals surface area (Å²) >= 11 is 7.24. The molecule has 1 atom stereocenters. The molecule has 1 aliphatic heterocycles. The van der Waals surface area contributed by atoms with Crippen LogP contribution in [0.1, 0.15) is 37.9 Å². The van der Waals surface area contributed by atoms with Gasteiger partial charge in [-0.15, -0.1) is 0 Å². The third-order valence-corrected chi connectivity index (χ3v) is 6.81. The highest BCUT2D eigenvalue weighted by molar-refractivity contribution is 7.07. The molecule has 1 aliphatic rings. The van der Waals surface area contributed by atoms with E-state index >= 15 is 0 Å². The molecule has 0 aliphatic carbocycles. The number of hydrogen-bond donors (Lipinski definition) is 1. The summed E-state index contributed by atoms with van der Waals surface area (Å²) < 4.78 is 18.3. The number of rotatable bonds is 7. The van der Waals surface area contributed by atoms with Gasteiger partial charge in [-0.3, -0.25) is 9.36 Å². The lowest BCUT2D eigenvalue weighted by Gasteiger charge is -2.25. The summed E-state index contributed by atoms with van der Waals surface area (Å²) in [6.07, 6.45) is 1.56. The Morgan fingerprint density at radius 1 is 1.19 bits per heavy atom. The normalized spacial score (nSPS) is 15.4. The molecule has 0 bridgehead atoms. The molecular weight excluding hydrogens is 504 g/mol. The number of benzene rings is 2. The molecule has 8 nitrogen and oxygen atoms in total. The van der Waals surface area contributed by atoms with Gasteiger partial charge < -0.3 is 19.3 Å². The average molecular weight is 529 g/mol. The molecule has 0 amide bonds. The van der Waals surface area contributed by atoms with E-state index in [1.54, 1.807) is 57.4 Å². The van der Waals surface area contributed by atoms with E-state index in [0.717, 1.165) is 11.3 Å². The molecule has 0 fully saturated rings. The van der Waals surface area contributed by atoms with Gasteiger partial charge in [0, 0.05) is 10.6 Å². The zero-order valence-corrected chi connectivity index (χ0v) is 21.8. The fraction of sp³-hybridized carbons (Fsp3) is 0.269. The van der Waals surface area contributed by atoms with Crippen LogP contribution >= 0.6 is 22.9 Å². The number of methoxy groups -OCH3 is 1. The number of carbonyl (C=O) groups is 1. The van der Waals surface area contributed by atoms with Gasteiger partial charge in [-0.05, 0) is 62.7 Å². The first-order chi connectivity index (χ1) is 17.3. The van der Waals surface area contributed by atoms with Crippen molar-refractivity contribution in [1.82, 2.24) is 4.57 Å². The standard InChI is InChI=1S/C26H25ClN2O6S/c1-5-34-20-12-15(7-10-19(20)33-4)23-22(25(32)35-6-2)14(3)28-26-29(23)24(31)21(36-26)13-16-11-17(27)8-9-18(16)30/h7-13,23,30H,5-6H2,1-4H3. The van der Waals surface area contributed by atoms with Gasteiger partial charge in [-0.25, -0.2) is 9.79 Å². The van der Waals surface area contributed by atoms with Crippen molar-refractivity contribution in [3.63, 3.8) is 0 Å². The zero-order chi connectivity index (χ0) is 26.0. The van der Waals surface area contributed by atoms with Crippen molar-refractivity contribution in [3.05, 3.63) is 83.5 Å². The second-order valence-electron chi connectivity index (χ2n) is 7.85. The monoisotopic (exact) mass is 528 g/mol. The summed E-state index contributed by atoms with van der Waals surface area (Å²) in [5, 5.41) is 10.7. The van der Waals surface area contributed by atoms with Crippen molar-refractivity contribution >= 4 is 35.0 Å². The van der Waals surface area contributed by atoms with Gasteiger partial charge in [0.2, 0.25) is 0 Å². The number of allylic oxidation sites excluding steroid dienone is 1. The molecule has 2 heterocycles. The molecule has 2 aromatic carbocycles. The van der Waals surface area contributed by atoms with Crippen LogP contribution in [-0.4, -0.2) is 36.0 Å². The number of aromatic hydroxyl groups is 1. The average Bonchev–Trinajstić information content (AvgIpc) is 3.15. The lowest BCUT2D eigenvalue weighted by atomic mass is 9.95. The number of nitrogens with zero attached hydrogens (tertiary/aromatic N) is 2. The van der Waals surface area contributed by atoms with E-state index in [9.17, 15) is 14.7 Å². The molecule has 0 spiro atoms. The Hall–Kier alpha value is -3.56. The summed E-state index contributed by atoms with van der Waals surface area (Å²) in [4.78, 5) is 31.7. The molecule has 1 aromatic heterocycles. The molecule has 0 saturated heterocycles. The number of hydrogen-bond acceptors (Lipinski definition) is 8. The van der Waals surface area contributed by atoms with E-state index in [1.807, 2.05) is 6.92 Å². The quantitative estimate of drug-likeness (QED) is 0.471. The van der Waals surface area contributed by atoms with Gasteiger partial charge in [0.25, 0.3) is 5.56 Å². The van der Waals surface area contributed by atoms with Gasteiger partial charge in [-0.2, -0.15) is 0 Å². The molecular formula is C26H25ClN2O6S. The maximum atomic E-state index is 13.7. The number of carbonyl (C=O) groups excluding carboxylic acids is 1. The molecule has 0 saturated carbocycles. The Kier molecular flexibility index (Phi) is 7.51. The molecule has 0 radical (unpaired) electrons. The highest BCUT2D eigenvalue weighted by Crippen LogP contribution is 2.36. The van der Waals surface area contributed by atoms with Crippen LogP contribution in [0.2, 0.25) is 5.02 Å². The summed E-state index contributed by atoms with van der Waals surface area (Å²) in [5.74, 6) is 0.449. The van der Waals surface area contributed by atoms with Crippen molar-refractivity contribution in [2.24, 2.45) is 4.99 Å². The van der Waals surface area contributed by atoms with Gasteiger partial charge in [0.1, 0.15) is 5.75 Å². The lowest BCUT2D eigenvalue weighted by Crippen LogP contribution is -2.40. The van der Waals surface area contributed by atoms with Crippen LogP contribution in [0.3, 0.4) is 0 Å². The highest BCUT2D eigenvalue weighted by atomic mass is 35.5. The maximum Gasteiger partial charge on any atom is 0.338 e. The van der Waals surface area contributed by atoms with Gasteiger partial charge in [0.05, 0.1) is 42.2 Å². The van der Waals surface area contributed by atoms with E-state index < -0.39 is 12.0 Å². The first-order valence-electron chi connectivity index (χ1n) is 11.3. The van der Waals surface area contributed by atoms with Crippen molar-refractivity contribution in [3.8, 4) is 17.2 Å². The molecule has 3 aromatic rings. The minimum atomic E-state index is -0.805. The largest absolute Gasteiger partial charge is 0.507 e. The predicted octanol–water partition coefficient (Wildman–Crippen LogP) is 3.56. The Balaban J connectivity index is 1.98. The Morgan fingerprint density at radius 3 is 2.67 bits per heavy atom. The van der Waals surface area contributed by atoms with Crippen LogP contribution < -0.4 is 24.4 Å². The fourth-order valence-electron chi connectivity index (χ4n) is 4.02. The summed E-state index contributed by atoms with van der Waals surface area (Å²) in [6.45, 7) is 5.87. The van der Waals surface area contributed by atoms with Crippen LogP contribution in [0.5, 0.6) is 17.2 Å².